The van der Waals surface area contributed by atoms with Crippen molar-refractivity contribution in [2.75, 3.05) is 25.5 Å². The van der Waals surface area contributed by atoms with Gasteiger partial charge in [0.1, 0.15) is 0 Å². The summed E-state index contributed by atoms with van der Waals surface area (Å²) in [5, 5.41) is 2.90. The van der Waals surface area contributed by atoms with Gasteiger partial charge in [-0.25, -0.2) is 0 Å². The van der Waals surface area contributed by atoms with Crippen LogP contribution in [0.1, 0.15) is 18.9 Å². The van der Waals surface area contributed by atoms with E-state index in [-0.39, 0.29) is 17.7 Å². The number of carbonyl (C=O) groups excluding carboxylic acids is 2. The highest BCUT2D eigenvalue weighted by molar-refractivity contribution is 5.97. The van der Waals surface area contributed by atoms with E-state index in [9.17, 15) is 9.59 Å². The molecule has 108 valence electrons. The summed E-state index contributed by atoms with van der Waals surface area (Å²) in [5.41, 5.74) is 1.68. The van der Waals surface area contributed by atoms with Gasteiger partial charge in [0.15, 0.2) is 0 Å². The van der Waals surface area contributed by atoms with E-state index in [0.717, 1.165) is 11.3 Å². The molecule has 1 heterocycles. The van der Waals surface area contributed by atoms with E-state index in [1.165, 1.54) is 0 Å². The maximum Gasteiger partial charge on any atom is 0.229 e. The van der Waals surface area contributed by atoms with Gasteiger partial charge in [0.25, 0.3) is 0 Å². The standard InChI is InChI=1S/C15H20N2O3/c1-3-17-9-12(8-14(17)18)15(19)16-13-7-5-4-6-11(13)10-20-2/h4-7,12H,3,8-10H2,1-2H3,(H,16,19)/t12-/m0/s1. The number of para-hydroxylation sites is 1. The highest BCUT2D eigenvalue weighted by Gasteiger charge is 2.33. The molecule has 0 radical (unpaired) electrons. The summed E-state index contributed by atoms with van der Waals surface area (Å²) in [5.74, 6) is -0.311. The lowest BCUT2D eigenvalue weighted by Crippen LogP contribution is -2.28. The van der Waals surface area contributed by atoms with E-state index in [1.54, 1.807) is 12.0 Å². The fourth-order valence-electron chi connectivity index (χ4n) is 2.41. The Hall–Kier alpha value is -1.88. The van der Waals surface area contributed by atoms with Gasteiger partial charge >= 0.3 is 0 Å². The minimum absolute atomic E-state index is 0.0535. The number of rotatable bonds is 5. The summed E-state index contributed by atoms with van der Waals surface area (Å²) in [6, 6.07) is 7.53. The molecule has 0 bridgehead atoms. The molecule has 1 aromatic rings. The van der Waals surface area contributed by atoms with E-state index >= 15 is 0 Å². The number of amides is 2. The Morgan fingerprint density at radius 3 is 2.85 bits per heavy atom. The van der Waals surface area contributed by atoms with Crippen LogP contribution in [-0.2, 0) is 20.9 Å². The van der Waals surface area contributed by atoms with Gasteiger partial charge in [0.2, 0.25) is 11.8 Å². The Bertz CT molecular complexity index is 502. The van der Waals surface area contributed by atoms with Crippen molar-refractivity contribution in [2.45, 2.75) is 20.0 Å². The molecule has 20 heavy (non-hydrogen) atoms. The predicted molar refractivity (Wildman–Crippen MR) is 76.1 cm³/mol. The lowest BCUT2D eigenvalue weighted by molar-refractivity contribution is -0.128. The topological polar surface area (TPSA) is 58.6 Å². The van der Waals surface area contributed by atoms with Crippen molar-refractivity contribution >= 4 is 17.5 Å². The van der Waals surface area contributed by atoms with E-state index in [1.807, 2.05) is 31.2 Å². The third-order valence-corrected chi connectivity index (χ3v) is 3.54. The number of nitrogens with one attached hydrogen (secondary N) is 1. The minimum atomic E-state index is -0.266. The summed E-state index contributed by atoms with van der Waals surface area (Å²) in [6.07, 6.45) is 0.298. The molecule has 0 unspecified atom stereocenters. The summed E-state index contributed by atoms with van der Waals surface area (Å²) in [4.78, 5) is 25.6. The Labute approximate surface area is 118 Å². The largest absolute Gasteiger partial charge is 0.380 e. The van der Waals surface area contributed by atoms with Crippen LogP contribution in [0.2, 0.25) is 0 Å². The van der Waals surface area contributed by atoms with Crippen LogP contribution in [0.5, 0.6) is 0 Å². The van der Waals surface area contributed by atoms with Gasteiger partial charge in [-0.15, -0.1) is 0 Å². The number of hydrogen-bond donors (Lipinski definition) is 1. The number of anilines is 1. The van der Waals surface area contributed by atoms with Crippen LogP contribution in [-0.4, -0.2) is 36.9 Å². The number of carbonyl (C=O) groups is 2. The first-order valence-electron chi connectivity index (χ1n) is 6.81. The van der Waals surface area contributed by atoms with Gasteiger partial charge in [-0.05, 0) is 13.0 Å². The minimum Gasteiger partial charge on any atom is -0.380 e. The normalized spacial score (nSPS) is 18.4. The van der Waals surface area contributed by atoms with Crippen molar-refractivity contribution in [1.82, 2.24) is 4.90 Å². The van der Waals surface area contributed by atoms with Gasteiger partial charge in [-0.1, -0.05) is 18.2 Å². The van der Waals surface area contributed by atoms with Crippen molar-refractivity contribution in [3.05, 3.63) is 29.8 Å². The average Bonchev–Trinajstić information content (AvgIpc) is 2.82. The molecule has 1 aromatic carbocycles. The second kappa shape index (κ2) is 6.52. The van der Waals surface area contributed by atoms with Crippen LogP contribution in [0.25, 0.3) is 0 Å². The van der Waals surface area contributed by atoms with Crippen LogP contribution in [0.3, 0.4) is 0 Å². The third kappa shape index (κ3) is 3.17. The zero-order chi connectivity index (χ0) is 14.5. The number of ether oxygens (including phenoxy) is 1. The molecule has 1 atom stereocenters. The number of nitrogens with zero attached hydrogens (tertiary/aromatic N) is 1. The van der Waals surface area contributed by atoms with Gasteiger partial charge in [-0.2, -0.15) is 0 Å². The van der Waals surface area contributed by atoms with E-state index in [0.29, 0.717) is 26.1 Å². The van der Waals surface area contributed by atoms with Crippen molar-refractivity contribution in [1.29, 1.82) is 0 Å². The molecule has 1 aliphatic heterocycles. The predicted octanol–water partition coefficient (Wildman–Crippen LogP) is 1.64. The number of likely N-dealkylation sites (tertiary alicyclic amines) is 1. The SMILES string of the molecule is CCN1C[C@@H](C(=O)Nc2ccccc2COC)CC1=O. The molecule has 1 N–H and O–H groups in total. The van der Waals surface area contributed by atoms with Crippen molar-refractivity contribution in [3.63, 3.8) is 0 Å². The first kappa shape index (κ1) is 14.5. The van der Waals surface area contributed by atoms with E-state index < -0.39 is 0 Å². The Morgan fingerprint density at radius 1 is 1.45 bits per heavy atom. The first-order valence-corrected chi connectivity index (χ1v) is 6.81. The second-order valence-corrected chi connectivity index (χ2v) is 4.91. The van der Waals surface area contributed by atoms with Crippen LogP contribution in [0.15, 0.2) is 24.3 Å². The highest BCUT2D eigenvalue weighted by Crippen LogP contribution is 2.21. The van der Waals surface area contributed by atoms with Gasteiger partial charge in [-0.3, -0.25) is 9.59 Å². The lowest BCUT2D eigenvalue weighted by atomic mass is 10.1. The summed E-state index contributed by atoms with van der Waals surface area (Å²) >= 11 is 0. The van der Waals surface area contributed by atoms with Crippen LogP contribution < -0.4 is 5.32 Å². The monoisotopic (exact) mass is 276 g/mol. The highest BCUT2D eigenvalue weighted by atomic mass is 16.5. The zero-order valence-corrected chi connectivity index (χ0v) is 11.9. The molecule has 0 aromatic heterocycles. The third-order valence-electron chi connectivity index (χ3n) is 3.54. The summed E-state index contributed by atoms with van der Waals surface area (Å²) in [6.45, 7) is 3.53. The molecule has 1 fully saturated rings. The Balaban J connectivity index is 2.03. The molecule has 0 saturated carbocycles. The maximum atomic E-state index is 12.2. The molecular weight excluding hydrogens is 256 g/mol. The maximum absolute atomic E-state index is 12.2. The Morgan fingerprint density at radius 2 is 2.20 bits per heavy atom. The lowest BCUT2D eigenvalue weighted by Gasteiger charge is -2.15. The number of hydrogen-bond acceptors (Lipinski definition) is 3. The average molecular weight is 276 g/mol. The van der Waals surface area contributed by atoms with Gasteiger partial charge < -0.3 is 15.0 Å². The molecule has 0 aliphatic carbocycles. The zero-order valence-electron chi connectivity index (χ0n) is 11.9. The second-order valence-electron chi connectivity index (χ2n) is 4.91. The van der Waals surface area contributed by atoms with Crippen molar-refractivity contribution < 1.29 is 14.3 Å². The molecule has 0 spiro atoms. The van der Waals surface area contributed by atoms with Gasteiger partial charge in [0.05, 0.1) is 12.5 Å². The van der Waals surface area contributed by atoms with E-state index in [4.69, 9.17) is 4.74 Å². The fourth-order valence-corrected chi connectivity index (χ4v) is 2.41. The van der Waals surface area contributed by atoms with E-state index in [2.05, 4.69) is 5.32 Å². The van der Waals surface area contributed by atoms with Crippen molar-refractivity contribution in [3.8, 4) is 0 Å². The van der Waals surface area contributed by atoms with Crippen molar-refractivity contribution in [2.24, 2.45) is 5.92 Å². The smallest absolute Gasteiger partial charge is 0.229 e. The molecule has 1 aliphatic rings. The Kier molecular flexibility index (Phi) is 4.74. The van der Waals surface area contributed by atoms with Crippen LogP contribution >= 0.6 is 0 Å². The molecular formula is C15H20N2O3. The number of methoxy groups -OCH3 is 1. The molecule has 2 amide bonds. The fraction of sp³-hybridized carbons (Fsp3) is 0.467. The van der Waals surface area contributed by atoms with Crippen LogP contribution in [0.4, 0.5) is 5.69 Å². The summed E-state index contributed by atoms with van der Waals surface area (Å²) < 4.78 is 5.11. The number of benzene rings is 1. The summed E-state index contributed by atoms with van der Waals surface area (Å²) in [7, 11) is 1.62. The van der Waals surface area contributed by atoms with Gasteiger partial charge in [0, 0.05) is 37.9 Å². The molecule has 5 nitrogen and oxygen atoms in total. The quantitative estimate of drug-likeness (QED) is 0.889. The molecule has 2 rings (SSSR count). The van der Waals surface area contributed by atoms with Crippen LogP contribution in [0, 0.1) is 5.92 Å². The molecule has 5 heteroatoms. The first-order chi connectivity index (χ1) is 9.65. The molecule has 1 saturated heterocycles.